The summed E-state index contributed by atoms with van der Waals surface area (Å²) < 4.78 is 28.8. The van der Waals surface area contributed by atoms with Crippen molar-refractivity contribution in [2.75, 3.05) is 4.72 Å². The fourth-order valence-corrected chi connectivity index (χ4v) is 1.52. The smallest absolute Gasteiger partial charge is 0.261 e. The Morgan fingerprint density at radius 3 is 2.92 bits per heavy atom. The molecule has 0 saturated heterocycles. The van der Waals surface area contributed by atoms with Gasteiger partial charge in [-0.1, -0.05) is 0 Å². The molecule has 0 radical (unpaired) electrons. The van der Waals surface area contributed by atoms with E-state index in [1.54, 1.807) is 4.72 Å². The van der Waals surface area contributed by atoms with Crippen LogP contribution < -0.4 is 4.72 Å². The van der Waals surface area contributed by atoms with Gasteiger partial charge in [0.15, 0.2) is 1.12 Å². The van der Waals surface area contributed by atoms with Crippen LogP contribution in [0.5, 0.6) is 0 Å². The standard InChI is InChI=1S/C3H3N3O4S2/c7-6(8)2-1-4-3(11-2)5-12(9)10/h1,12H,(H,4,5,9,10)/i12T. The van der Waals surface area contributed by atoms with E-state index in [0.29, 0.717) is 11.3 Å². The Kier molecular flexibility index (Phi) is 2.14. The van der Waals surface area contributed by atoms with E-state index in [-0.39, 0.29) is 10.1 Å². The highest BCUT2D eigenvalue weighted by Gasteiger charge is 2.10. The number of thiol groups is 1. The van der Waals surface area contributed by atoms with Gasteiger partial charge in [0.25, 0.3) is 0 Å². The minimum Gasteiger partial charge on any atom is -0.261 e. The molecule has 7 nitrogen and oxygen atoms in total. The third-order valence-electron chi connectivity index (χ3n) is 0.844. The summed E-state index contributed by atoms with van der Waals surface area (Å²) in [6.45, 7) is 0. The summed E-state index contributed by atoms with van der Waals surface area (Å²) in [5.41, 5.74) is 0. The predicted molar refractivity (Wildman–Crippen MR) is 42.7 cm³/mol. The number of anilines is 1. The van der Waals surface area contributed by atoms with Crippen molar-refractivity contribution in [3.05, 3.63) is 16.3 Å². The van der Waals surface area contributed by atoms with Gasteiger partial charge in [0.05, 0.1) is 4.92 Å². The molecule has 1 aromatic rings. The normalized spacial score (nSPS) is 12.2. The summed E-state index contributed by atoms with van der Waals surface area (Å²) in [5.74, 6) is 0. The molecule has 0 saturated carbocycles. The molecule has 1 N–H and O–H groups in total. The van der Waals surface area contributed by atoms with Crippen molar-refractivity contribution in [3.63, 3.8) is 0 Å². The maximum absolute atomic E-state index is 10.3. The third kappa shape index (κ3) is 2.13. The van der Waals surface area contributed by atoms with E-state index in [4.69, 9.17) is 1.12 Å². The zero-order chi connectivity index (χ0) is 10.1. The fraction of sp³-hybridized carbons (Fsp3) is 0. The number of aromatic nitrogens is 1. The van der Waals surface area contributed by atoms with Gasteiger partial charge >= 0.3 is 5.00 Å². The second-order valence-electron chi connectivity index (χ2n) is 1.60. The molecule has 0 unspecified atom stereocenters. The fourth-order valence-electron chi connectivity index (χ4n) is 0.468. The summed E-state index contributed by atoms with van der Waals surface area (Å²) in [5, 5.41) is 9.65. The van der Waals surface area contributed by atoms with Crippen LogP contribution in [0.4, 0.5) is 10.1 Å². The van der Waals surface area contributed by atoms with Crippen LogP contribution in [0.1, 0.15) is 0 Å². The number of hydrogen-bond acceptors (Lipinski definition) is 6. The van der Waals surface area contributed by atoms with Crippen molar-refractivity contribution in [2.24, 2.45) is 0 Å². The van der Waals surface area contributed by atoms with Crippen LogP contribution in [0.25, 0.3) is 0 Å². The quantitative estimate of drug-likeness (QED) is 0.416. The first-order chi connectivity index (χ1) is 5.88. The molecule has 0 spiro atoms. The number of nitrogens with zero attached hydrogens (tertiary/aromatic N) is 2. The van der Waals surface area contributed by atoms with E-state index in [1.807, 2.05) is 0 Å². The van der Waals surface area contributed by atoms with Gasteiger partial charge in [0.2, 0.25) is 15.9 Å². The van der Waals surface area contributed by atoms with E-state index in [1.165, 1.54) is 0 Å². The van der Waals surface area contributed by atoms with Crippen LogP contribution in [0.15, 0.2) is 6.20 Å². The number of thiazole rings is 1. The minimum atomic E-state index is -4.16. The Hall–Kier alpha value is -1.22. The molecule has 0 bridgehead atoms. The maximum Gasteiger partial charge on any atom is 0.345 e. The van der Waals surface area contributed by atoms with Gasteiger partial charge in [0, 0.05) is 0 Å². The van der Waals surface area contributed by atoms with Crippen molar-refractivity contribution < 1.29 is 13.3 Å². The molecule has 0 atom stereocenters. The molecule has 1 rings (SSSR count). The Bertz CT molecular complexity index is 426. The van der Waals surface area contributed by atoms with Gasteiger partial charge < -0.3 is 0 Å². The zero-order valence-electron chi connectivity index (χ0n) is 6.42. The van der Waals surface area contributed by atoms with Crippen LogP contribution in [0, 0.1) is 10.1 Å². The minimum absolute atomic E-state index is 0.193. The molecular weight excluding hydrogens is 206 g/mol. The van der Waals surface area contributed by atoms with Crippen molar-refractivity contribution in [2.45, 2.75) is 0 Å². The number of rotatable bonds is 3. The molecule has 0 amide bonds. The van der Waals surface area contributed by atoms with Gasteiger partial charge in [-0.25, -0.2) is 13.4 Å². The Balaban J connectivity index is 2.87. The van der Waals surface area contributed by atoms with Crippen LogP contribution in [-0.4, -0.2) is 19.4 Å². The summed E-state index contributed by atoms with van der Waals surface area (Å²) in [6, 6.07) is 0. The number of hydrogen-bond donors (Lipinski definition) is 2. The Morgan fingerprint density at radius 2 is 2.50 bits per heavy atom. The predicted octanol–water partition coefficient (Wildman–Crippen LogP) is -0.0104. The highest BCUT2D eigenvalue weighted by Crippen LogP contribution is 2.24. The van der Waals surface area contributed by atoms with E-state index < -0.39 is 15.7 Å². The zero-order valence-corrected chi connectivity index (χ0v) is 7.05. The van der Waals surface area contributed by atoms with E-state index in [0.717, 1.165) is 6.20 Å². The van der Waals surface area contributed by atoms with Gasteiger partial charge in [-0.2, -0.15) is 0 Å². The van der Waals surface area contributed by atoms with Crippen molar-refractivity contribution in [1.29, 1.82) is 1.12 Å². The highest BCUT2D eigenvalue weighted by molar-refractivity contribution is 7.74. The second kappa shape index (κ2) is 3.45. The third-order valence-corrected chi connectivity index (χ3v) is 2.20. The molecule has 0 aliphatic carbocycles. The first kappa shape index (κ1) is 7.43. The molecule has 0 aromatic carbocycles. The van der Waals surface area contributed by atoms with Gasteiger partial charge in [0.1, 0.15) is 6.20 Å². The second-order valence-corrected chi connectivity index (χ2v) is 3.28. The van der Waals surface area contributed by atoms with Crippen molar-refractivity contribution >= 4 is 32.3 Å². The first-order valence-corrected chi connectivity index (χ1v) is 4.45. The van der Waals surface area contributed by atoms with Gasteiger partial charge in [-0.3, -0.25) is 14.8 Å². The summed E-state index contributed by atoms with van der Waals surface area (Å²) >= 11 is 0.547. The largest absolute Gasteiger partial charge is 0.345 e. The summed E-state index contributed by atoms with van der Waals surface area (Å²) in [6.07, 6.45) is 0.915. The van der Waals surface area contributed by atoms with Crippen molar-refractivity contribution in [1.82, 2.24) is 4.98 Å². The maximum atomic E-state index is 10.3. The van der Waals surface area contributed by atoms with Crippen LogP contribution in [-0.2, 0) is 10.8 Å². The number of nitro groups is 1. The van der Waals surface area contributed by atoms with Gasteiger partial charge in [-0.05, 0) is 11.3 Å². The molecule has 0 fully saturated rings. The average Bonchev–Trinajstić information content (AvgIpc) is 2.31. The van der Waals surface area contributed by atoms with E-state index >= 15 is 0 Å². The Morgan fingerprint density at radius 1 is 1.83 bits per heavy atom. The Labute approximate surface area is 73.4 Å². The molecule has 0 aliphatic rings. The lowest BCUT2D eigenvalue weighted by atomic mass is 10.9. The monoisotopic (exact) mass is 211 g/mol. The molecule has 0 aliphatic heterocycles. The van der Waals surface area contributed by atoms with Crippen molar-refractivity contribution in [3.8, 4) is 0 Å². The van der Waals surface area contributed by atoms with Crippen LogP contribution in [0.3, 0.4) is 0 Å². The first-order valence-electron chi connectivity index (χ1n) is 2.96. The topological polar surface area (TPSA) is 102 Å². The molecule has 12 heavy (non-hydrogen) atoms. The van der Waals surface area contributed by atoms with Crippen LogP contribution in [0.2, 0.25) is 0 Å². The molecule has 1 heterocycles. The summed E-state index contributed by atoms with van der Waals surface area (Å²) in [4.78, 5) is 12.8. The van der Waals surface area contributed by atoms with Gasteiger partial charge in [-0.15, -0.1) is 0 Å². The number of nitrogens with one attached hydrogen (secondary N) is 1. The van der Waals surface area contributed by atoms with E-state index in [9.17, 15) is 18.5 Å². The van der Waals surface area contributed by atoms with Crippen LogP contribution >= 0.6 is 11.3 Å². The SMILES string of the molecule is [3H]S(=O)(=O)Nc1ncc([N+](=O)[O-])s1. The molecule has 66 valence electrons. The molecule has 9 heteroatoms. The lowest BCUT2D eigenvalue weighted by Crippen LogP contribution is -1.92. The van der Waals surface area contributed by atoms with E-state index in [2.05, 4.69) is 4.98 Å². The average molecular weight is 211 g/mol. The molecule has 1 aromatic heterocycles. The highest BCUT2D eigenvalue weighted by atomic mass is 32.2. The molecular formula is C3H3N3O4S2. The lowest BCUT2D eigenvalue weighted by molar-refractivity contribution is -0.380. The lowest BCUT2D eigenvalue weighted by Gasteiger charge is -1.85. The summed E-state index contributed by atoms with van der Waals surface area (Å²) in [7, 11) is -4.16.